The molecule has 0 saturated heterocycles. The number of hydrogen-bond donors (Lipinski definition) is 2. The molecular formula is C24H34O2. The Labute approximate surface area is 158 Å². The first-order valence-electron chi connectivity index (χ1n) is 9.41. The molecule has 0 atom stereocenters. The van der Waals surface area contributed by atoms with Gasteiger partial charge in [0.15, 0.2) is 0 Å². The Morgan fingerprint density at radius 2 is 0.962 bits per heavy atom. The first-order valence-corrected chi connectivity index (χ1v) is 9.41. The average Bonchev–Trinajstić information content (AvgIpc) is 2.48. The maximum absolute atomic E-state index is 10.7. The third-order valence-corrected chi connectivity index (χ3v) is 5.30. The van der Waals surface area contributed by atoms with Gasteiger partial charge >= 0.3 is 0 Å². The second kappa shape index (κ2) is 6.64. The molecule has 142 valence electrons. The molecule has 0 amide bonds. The van der Waals surface area contributed by atoms with Crippen LogP contribution in [-0.4, -0.2) is 10.2 Å². The third kappa shape index (κ3) is 3.90. The molecule has 2 heteroatoms. The summed E-state index contributed by atoms with van der Waals surface area (Å²) in [5.41, 5.74) is 6.30. The fourth-order valence-electron chi connectivity index (χ4n) is 3.91. The van der Waals surface area contributed by atoms with Crippen molar-refractivity contribution < 1.29 is 10.2 Å². The predicted molar refractivity (Wildman–Crippen MR) is 111 cm³/mol. The second-order valence-corrected chi connectivity index (χ2v) is 9.67. The molecule has 0 heterocycles. The summed E-state index contributed by atoms with van der Waals surface area (Å²) in [4.78, 5) is 0. The lowest BCUT2D eigenvalue weighted by Crippen LogP contribution is -2.14. The van der Waals surface area contributed by atoms with E-state index < -0.39 is 0 Å². The van der Waals surface area contributed by atoms with Crippen molar-refractivity contribution >= 4 is 0 Å². The van der Waals surface area contributed by atoms with E-state index >= 15 is 0 Å². The van der Waals surface area contributed by atoms with E-state index in [1.54, 1.807) is 0 Å². The molecule has 2 N–H and O–H groups in total. The Hall–Kier alpha value is -1.96. The fraction of sp³-hybridized carbons (Fsp3) is 0.500. The van der Waals surface area contributed by atoms with E-state index in [0.717, 1.165) is 22.3 Å². The summed E-state index contributed by atoms with van der Waals surface area (Å²) >= 11 is 0. The quantitative estimate of drug-likeness (QED) is 0.649. The van der Waals surface area contributed by atoms with Crippen LogP contribution in [0.4, 0.5) is 0 Å². The Balaban J connectivity index is 2.55. The minimum atomic E-state index is -0.0876. The highest BCUT2D eigenvalue weighted by Gasteiger charge is 2.24. The summed E-state index contributed by atoms with van der Waals surface area (Å²) in [6.07, 6.45) is 0. The molecule has 2 rings (SSSR count). The largest absolute Gasteiger partial charge is 0.508 e. The summed E-state index contributed by atoms with van der Waals surface area (Å²) in [6.45, 7) is 19.1. The van der Waals surface area contributed by atoms with Gasteiger partial charge in [-0.1, -0.05) is 60.6 Å². The number of rotatable bonds is 2. The molecule has 26 heavy (non-hydrogen) atoms. The zero-order valence-electron chi connectivity index (χ0n) is 17.8. The lowest BCUT2D eigenvalue weighted by Gasteiger charge is -2.26. The Kier molecular flexibility index (Phi) is 5.20. The van der Waals surface area contributed by atoms with Gasteiger partial charge in [-0.25, -0.2) is 0 Å². The Morgan fingerprint density at radius 1 is 0.654 bits per heavy atom. The highest BCUT2D eigenvalue weighted by molar-refractivity contribution is 5.53. The van der Waals surface area contributed by atoms with Gasteiger partial charge in [0.25, 0.3) is 0 Å². The second-order valence-electron chi connectivity index (χ2n) is 9.67. The molecule has 0 aliphatic heterocycles. The van der Waals surface area contributed by atoms with Gasteiger partial charge in [-0.2, -0.15) is 0 Å². The van der Waals surface area contributed by atoms with E-state index in [0.29, 0.717) is 11.5 Å². The van der Waals surface area contributed by atoms with Gasteiger partial charge in [-0.15, -0.1) is 0 Å². The summed E-state index contributed by atoms with van der Waals surface area (Å²) < 4.78 is 0. The lowest BCUT2D eigenvalue weighted by atomic mass is 9.79. The standard InChI is InChI=1S/C24H34O2/c1-14-10-17(21(25)12-19(14)23(4,5)6)16(3)18-11-15(2)20(13-22(18)26)24(7,8)9/h10-13,16,25-26H,1-9H3. The van der Waals surface area contributed by atoms with Gasteiger partial charge in [0.1, 0.15) is 11.5 Å². The van der Waals surface area contributed by atoms with Crippen LogP contribution in [0.25, 0.3) is 0 Å². The molecule has 2 nitrogen and oxygen atoms in total. The van der Waals surface area contributed by atoms with Crippen LogP contribution in [0.15, 0.2) is 24.3 Å². The summed E-state index contributed by atoms with van der Waals surface area (Å²) in [6, 6.07) is 7.89. The first kappa shape index (κ1) is 20.4. The van der Waals surface area contributed by atoms with Crippen LogP contribution in [0, 0.1) is 13.8 Å². The van der Waals surface area contributed by atoms with Gasteiger partial charge in [0.2, 0.25) is 0 Å². The zero-order valence-corrected chi connectivity index (χ0v) is 17.8. The minimum Gasteiger partial charge on any atom is -0.508 e. The van der Waals surface area contributed by atoms with E-state index in [4.69, 9.17) is 0 Å². The van der Waals surface area contributed by atoms with Crippen molar-refractivity contribution in [3.05, 3.63) is 57.6 Å². The highest BCUT2D eigenvalue weighted by Crippen LogP contribution is 2.41. The van der Waals surface area contributed by atoms with E-state index in [1.165, 1.54) is 11.1 Å². The minimum absolute atomic E-state index is 0.0174. The van der Waals surface area contributed by atoms with Gasteiger partial charge in [0, 0.05) is 17.0 Å². The number of phenolic OH excluding ortho intramolecular Hbond substituents is 2. The number of phenols is 2. The van der Waals surface area contributed by atoms with Crippen molar-refractivity contribution in [1.82, 2.24) is 0 Å². The van der Waals surface area contributed by atoms with Crippen LogP contribution >= 0.6 is 0 Å². The van der Waals surface area contributed by atoms with Gasteiger partial charge in [-0.05, 0) is 59.1 Å². The smallest absolute Gasteiger partial charge is 0.119 e. The molecule has 0 bridgehead atoms. The van der Waals surface area contributed by atoms with Crippen LogP contribution < -0.4 is 0 Å². The Morgan fingerprint density at radius 3 is 1.23 bits per heavy atom. The number of hydrogen-bond acceptors (Lipinski definition) is 2. The van der Waals surface area contributed by atoms with Crippen molar-refractivity contribution in [3.8, 4) is 11.5 Å². The van der Waals surface area contributed by atoms with Crippen LogP contribution in [-0.2, 0) is 10.8 Å². The molecule has 0 aliphatic carbocycles. The summed E-state index contributed by atoms with van der Waals surface area (Å²) in [5.74, 6) is 0.505. The predicted octanol–water partition coefficient (Wildman–Crippen LogP) is 6.46. The normalized spacial score (nSPS) is 12.7. The van der Waals surface area contributed by atoms with Gasteiger partial charge in [0.05, 0.1) is 0 Å². The maximum atomic E-state index is 10.7. The van der Waals surface area contributed by atoms with Crippen molar-refractivity contribution in [1.29, 1.82) is 0 Å². The average molecular weight is 355 g/mol. The molecule has 2 aromatic rings. The van der Waals surface area contributed by atoms with Crippen molar-refractivity contribution in [2.45, 2.75) is 79.1 Å². The highest BCUT2D eigenvalue weighted by atomic mass is 16.3. The van der Waals surface area contributed by atoms with Crippen molar-refractivity contribution in [2.24, 2.45) is 0 Å². The molecule has 0 fully saturated rings. The molecule has 0 unspecified atom stereocenters. The number of aryl methyl sites for hydroxylation is 2. The third-order valence-electron chi connectivity index (χ3n) is 5.30. The monoisotopic (exact) mass is 354 g/mol. The summed E-state index contributed by atoms with van der Waals surface area (Å²) in [5, 5.41) is 21.3. The SMILES string of the molecule is Cc1cc(C(C)c2cc(C)c(C(C)(C)C)cc2O)c(O)cc1C(C)(C)C. The number of benzene rings is 2. The zero-order chi connectivity index (χ0) is 20.0. The topological polar surface area (TPSA) is 40.5 Å². The molecule has 0 aliphatic rings. The van der Waals surface area contributed by atoms with E-state index in [9.17, 15) is 10.2 Å². The fourth-order valence-corrected chi connectivity index (χ4v) is 3.91. The molecule has 0 aromatic heterocycles. The molecule has 0 radical (unpaired) electrons. The lowest BCUT2D eigenvalue weighted by molar-refractivity contribution is 0.452. The van der Waals surface area contributed by atoms with Crippen LogP contribution in [0.5, 0.6) is 11.5 Å². The van der Waals surface area contributed by atoms with E-state index in [1.807, 2.05) is 19.1 Å². The number of aromatic hydroxyl groups is 2. The molecular weight excluding hydrogens is 320 g/mol. The van der Waals surface area contributed by atoms with E-state index in [-0.39, 0.29) is 16.7 Å². The van der Waals surface area contributed by atoms with Crippen molar-refractivity contribution in [2.75, 3.05) is 0 Å². The Bertz CT molecular complexity index is 748. The summed E-state index contributed by atoms with van der Waals surface area (Å²) in [7, 11) is 0. The van der Waals surface area contributed by atoms with Gasteiger partial charge in [-0.3, -0.25) is 0 Å². The maximum Gasteiger partial charge on any atom is 0.119 e. The van der Waals surface area contributed by atoms with Crippen molar-refractivity contribution in [3.63, 3.8) is 0 Å². The van der Waals surface area contributed by atoms with Crippen LogP contribution in [0.2, 0.25) is 0 Å². The van der Waals surface area contributed by atoms with E-state index in [2.05, 4.69) is 67.5 Å². The van der Waals surface area contributed by atoms with Crippen LogP contribution in [0.1, 0.15) is 87.8 Å². The molecule has 0 saturated carbocycles. The molecule has 0 spiro atoms. The van der Waals surface area contributed by atoms with Gasteiger partial charge < -0.3 is 10.2 Å². The van der Waals surface area contributed by atoms with Crippen LogP contribution in [0.3, 0.4) is 0 Å². The molecule has 2 aromatic carbocycles. The first-order chi connectivity index (χ1) is 11.7.